The monoisotopic (exact) mass is 623 g/mol. The number of hydrogen-bond donors (Lipinski definition) is 0. The van der Waals surface area contributed by atoms with Crippen LogP contribution in [0.15, 0.2) is 30.7 Å². The molecule has 45 heavy (non-hydrogen) atoms. The van der Waals surface area contributed by atoms with Crippen molar-refractivity contribution in [2.45, 2.75) is 38.8 Å². The molecule has 0 N–H and O–H groups in total. The van der Waals surface area contributed by atoms with Crippen molar-refractivity contribution in [2.24, 2.45) is 0 Å². The smallest absolute Gasteiger partial charge is 0.410 e. The highest BCUT2D eigenvalue weighted by atomic mass is 19.1. The number of aromatic nitrogens is 5. The van der Waals surface area contributed by atoms with Gasteiger partial charge >= 0.3 is 6.09 Å². The number of anilines is 1. The highest BCUT2D eigenvalue weighted by Crippen LogP contribution is 2.39. The summed E-state index contributed by atoms with van der Waals surface area (Å²) in [7, 11) is 2.60. The number of halogens is 2. The molecule has 2 aliphatic rings. The lowest BCUT2D eigenvalue weighted by Crippen LogP contribution is -2.37. The summed E-state index contributed by atoms with van der Waals surface area (Å²) in [6.45, 7) is 8.55. The topological polar surface area (TPSA) is 117 Å². The zero-order valence-corrected chi connectivity index (χ0v) is 25.8. The molecule has 1 atom stereocenters. The molecule has 0 spiro atoms. The first kappa shape index (κ1) is 30.4. The summed E-state index contributed by atoms with van der Waals surface area (Å²) < 4.78 is 54.2. The van der Waals surface area contributed by atoms with Gasteiger partial charge in [0.1, 0.15) is 11.1 Å². The van der Waals surface area contributed by atoms with E-state index < -0.39 is 17.2 Å². The van der Waals surface area contributed by atoms with Crippen LogP contribution in [0.25, 0.3) is 33.5 Å². The number of carbonyl (C=O) groups excluding carboxylic acids is 1. The van der Waals surface area contributed by atoms with Crippen molar-refractivity contribution in [3.63, 3.8) is 0 Å². The second-order valence-electron chi connectivity index (χ2n) is 11.9. The third-order valence-electron chi connectivity index (χ3n) is 7.74. The molecule has 2 aliphatic heterocycles. The van der Waals surface area contributed by atoms with Crippen LogP contribution >= 0.6 is 0 Å². The van der Waals surface area contributed by atoms with E-state index in [-0.39, 0.29) is 34.9 Å². The number of rotatable bonds is 6. The number of hydrogen-bond acceptors (Lipinski definition) is 10. The first-order valence-electron chi connectivity index (χ1n) is 14.7. The summed E-state index contributed by atoms with van der Waals surface area (Å²) in [6.07, 6.45) is 5.53. The Kier molecular flexibility index (Phi) is 8.16. The van der Waals surface area contributed by atoms with Gasteiger partial charge < -0.3 is 28.7 Å². The number of carbonyl (C=O) groups is 1. The van der Waals surface area contributed by atoms with Crippen LogP contribution < -0.4 is 14.4 Å². The highest BCUT2D eigenvalue weighted by Gasteiger charge is 2.31. The molecule has 0 aliphatic carbocycles. The maximum Gasteiger partial charge on any atom is 0.410 e. The van der Waals surface area contributed by atoms with E-state index in [1.165, 1.54) is 14.2 Å². The lowest BCUT2D eigenvalue weighted by Gasteiger charge is -2.29. The molecule has 14 heteroatoms. The number of nitrogens with zero attached hydrogens (tertiary/aromatic N) is 7. The van der Waals surface area contributed by atoms with Gasteiger partial charge in [0, 0.05) is 50.0 Å². The molecular formula is C31H35F2N7O5. The maximum absolute atomic E-state index is 15.5. The van der Waals surface area contributed by atoms with Crippen LogP contribution in [0, 0.1) is 11.6 Å². The molecule has 238 valence electrons. The van der Waals surface area contributed by atoms with E-state index in [4.69, 9.17) is 28.9 Å². The van der Waals surface area contributed by atoms with Crippen LogP contribution in [0.4, 0.5) is 19.4 Å². The molecule has 0 bridgehead atoms. The number of ether oxygens (including phenoxy) is 4. The Morgan fingerprint density at radius 3 is 2.38 bits per heavy atom. The largest absolute Gasteiger partial charge is 0.494 e. The minimum atomic E-state index is -0.891. The molecule has 5 heterocycles. The number of likely N-dealkylation sites (tertiary alicyclic amines) is 1. The van der Waals surface area contributed by atoms with Gasteiger partial charge in [0.2, 0.25) is 0 Å². The van der Waals surface area contributed by atoms with E-state index >= 15 is 8.78 Å². The molecule has 0 radical (unpaired) electrons. The van der Waals surface area contributed by atoms with E-state index in [2.05, 4.69) is 10.1 Å². The number of amides is 1. The number of fused-ring (bicyclic) bond motifs is 1. The second-order valence-corrected chi connectivity index (χ2v) is 11.9. The van der Waals surface area contributed by atoms with Crippen LogP contribution in [-0.2, 0) is 9.47 Å². The van der Waals surface area contributed by atoms with Gasteiger partial charge in [-0.05, 0) is 33.3 Å². The minimum Gasteiger partial charge on any atom is -0.494 e. The number of morpholine rings is 1. The number of pyridine rings is 1. The highest BCUT2D eigenvalue weighted by molar-refractivity contribution is 5.92. The molecule has 2 fully saturated rings. The average molecular weight is 624 g/mol. The maximum atomic E-state index is 15.5. The number of methoxy groups -OCH3 is 2. The van der Waals surface area contributed by atoms with E-state index in [0.29, 0.717) is 67.5 Å². The van der Waals surface area contributed by atoms with Gasteiger partial charge in [-0.3, -0.25) is 4.68 Å². The Labute approximate surface area is 258 Å². The minimum absolute atomic E-state index is 0.0236. The van der Waals surface area contributed by atoms with Crippen LogP contribution in [0.1, 0.15) is 33.2 Å². The SMILES string of the molecule is COc1cc(OC)c(F)c(-c2cc3cnc(-c4cnn(C5CCN(C(=O)OC(C)(C)C)C5)c4)nc3c(N3CCOCC3)n2)c1F. The van der Waals surface area contributed by atoms with E-state index in [1.54, 1.807) is 23.4 Å². The van der Waals surface area contributed by atoms with Gasteiger partial charge in [-0.15, -0.1) is 0 Å². The molecule has 1 aromatic carbocycles. The first-order valence-corrected chi connectivity index (χ1v) is 14.7. The fourth-order valence-electron chi connectivity index (χ4n) is 5.50. The summed E-state index contributed by atoms with van der Waals surface area (Å²) in [5.74, 6) is -1.25. The van der Waals surface area contributed by atoms with E-state index in [0.717, 1.165) is 12.5 Å². The molecule has 1 unspecified atom stereocenters. The van der Waals surface area contributed by atoms with Crippen molar-refractivity contribution < 1.29 is 32.5 Å². The summed E-state index contributed by atoms with van der Waals surface area (Å²) in [4.78, 5) is 30.4. The molecule has 0 saturated carbocycles. The third-order valence-corrected chi connectivity index (χ3v) is 7.74. The van der Waals surface area contributed by atoms with Gasteiger partial charge in [-0.2, -0.15) is 5.10 Å². The van der Waals surface area contributed by atoms with Crippen molar-refractivity contribution in [1.82, 2.24) is 29.6 Å². The van der Waals surface area contributed by atoms with Gasteiger partial charge in [-0.25, -0.2) is 28.5 Å². The normalized spacial score (nSPS) is 17.2. The van der Waals surface area contributed by atoms with Gasteiger partial charge in [0.15, 0.2) is 34.8 Å². The Balaban J connectivity index is 1.36. The second kappa shape index (κ2) is 12.1. The lowest BCUT2D eigenvalue weighted by atomic mass is 10.1. The summed E-state index contributed by atoms with van der Waals surface area (Å²) >= 11 is 0. The van der Waals surface area contributed by atoms with Crippen LogP contribution in [-0.4, -0.2) is 94.9 Å². The van der Waals surface area contributed by atoms with Crippen LogP contribution in [0.2, 0.25) is 0 Å². The Hall–Kier alpha value is -4.59. The predicted molar refractivity (Wildman–Crippen MR) is 162 cm³/mol. The molecule has 4 aromatic rings. The van der Waals surface area contributed by atoms with Gasteiger partial charge in [0.05, 0.1) is 56.5 Å². The zero-order chi connectivity index (χ0) is 31.9. The Morgan fingerprint density at radius 2 is 1.71 bits per heavy atom. The Bertz CT molecular complexity index is 1710. The summed E-state index contributed by atoms with van der Waals surface area (Å²) in [5, 5.41) is 5.09. The molecule has 3 aromatic heterocycles. The molecule has 2 saturated heterocycles. The fourth-order valence-corrected chi connectivity index (χ4v) is 5.50. The average Bonchev–Trinajstić information content (AvgIpc) is 3.71. The summed E-state index contributed by atoms with van der Waals surface area (Å²) in [6, 6.07) is 2.69. The molecule has 12 nitrogen and oxygen atoms in total. The number of benzene rings is 1. The van der Waals surface area contributed by atoms with Crippen molar-refractivity contribution in [2.75, 3.05) is 58.5 Å². The van der Waals surface area contributed by atoms with Crippen LogP contribution in [0.3, 0.4) is 0 Å². The lowest BCUT2D eigenvalue weighted by molar-refractivity contribution is 0.0288. The van der Waals surface area contributed by atoms with Crippen LogP contribution in [0.5, 0.6) is 11.5 Å². The first-order chi connectivity index (χ1) is 21.6. The Morgan fingerprint density at radius 1 is 1.00 bits per heavy atom. The van der Waals surface area contributed by atoms with Crippen molar-refractivity contribution in [3.05, 3.63) is 42.4 Å². The third kappa shape index (κ3) is 6.06. The van der Waals surface area contributed by atoms with Crippen molar-refractivity contribution in [3.8, 4) is 34.1 Å². The van der Waals surface area contributed by atoms with Gasteiger partial charge in [-0.1, -0.05) is 0 Å². The quantitative estimate of drug-likeness (QED) is 0.295. The van der Waals surface area contributed by atoms with E-state index in [9.17, 15) is 4.79 Å². The van der Waals surface area contributed by atoms with Gasteiger partial charge in [0.25, 0.3) is 0 Å². The van der Waals surface area contributed by atoms with Crippen molar-refractivity contribution in [1.29, 1.82) is 0 Å². The van der Waals surface area contributed by atoms with Crippen molar-refractivity contribution >= 4 is 22.8 Å². The molecular weight excluding hydrogens is 588 g/mol. The zero-order valence-electron chi connectivity index (χ0n) is 25.8. The fraction of sp³-hybridized carbons (Fsp3) is 0.452. The summed E-state index contributed by atoms with van der Waals surface area (Å²) in [5.41, 5.74) is 0.312. The standard InChI is InChI=1S/C31H35F2N7O5/c1-31(2,3)45-30(41)39-7-6-20(17-39)40-16-19(15-35-40)28-34-14-18-12-21(24-25(32)22(42-4)13-23(43-5)26(24)33)36-29(27(18)37-28)38-8-10-44-11-9-38/h12-16,20H,6-11,17H2,1-5H3. The molecule has 1 amide bonds. The molecule has 6 rings (SSSR count). The van der Waals surface area contributed by atoms with E-state index in [1.807, 2.05) is 36.5 Å². The predicted octanol–water partition coefficient (Wildman–Crippen LogP) is 4.87.